The van der Waals surface area contributed by atoms with Gasteiger partial charge in [-0.05, 0) is 48.9 Å². The molecule has 1 heterocycles. The second-order valence-electron chi connectivity index (χ2n) is 6.91. The summed E-state index contributed by atoms with van der Waals surface area (Å²) in [6, 6.07) is 13.4. The average molecular weight is 456 g/mol. The molecule has 2 aromatic rings. The lowest BCUT2D eigenvalue weighted by molar-refractivity contribution is -0.139. The summed E-state index contributed by atoms with van der Waals surface area (Å²) in [4.78, 5) is 37.3. The molecule has 8 nitrogen and oxygen atoms in total. The summed E-state index contributed by atoms with van der Waals surface area (Å²) >= 11 is 1.46. The van der Waals surface area contributed by atoms with E-state index in [-0.39, 0.29) is 12.5 Å². The molecule has 3 rings (SSSR count). The summed E-state index contributed by atoms with van der Waals surface area (Å²) in [5.74, 6) is 0.400. The second-order valence-corrected chi connectivity index (χ2v) is 7.96. The summed E-state index contributed by atoms with van der Waals surface area (Å²) < 4.78 is 10.5. The van der Waals surface area contributed by atoms with E-state index in [9.17, 15) is 14.4 Å². The minimum atomic E-state index is -0.647. The molecule has 0 saturated carbocycles. The topological polar surface area (TPSA) is 106 Å². The number of hydrogen-bond donors (Lipinski definition) is 3. The highest BCUT2D eigenvalue weighted by Gasteiger charge is 2.33. The lowest BCUT2D eigenvalue weighted by Crippen LogP contribution is -2.46. The van der Waals surface area contributed by atoms with Crippen LogP contribution in [0.4, 0.5) is 10.5 Å². The summed E-state index contributed by atoms with van der Waals surface area (Å²) in [6.07, 6.45) is 0. The van der Waals surface area contributed by atoms with Crippen molar-refractivity contribution >= 4 is 35.4 Å². The van der Waals surface area contributed by atoms with Crippen LogP contribution in [0.3, 0.4) is 0 Å². The van der Waals surface area contributed by atoms with Gasteiger partial charge in [0.05, 0.1) is 25.3 Å². The molecule has 9 heteroatoms. The Balaban J connectivity index is 1.88. The Bertz CT molecular complexity index is 1020. The summed E-state index contributed by atoms with van der Waals surface area (Å²) in [7, 11) is 1.57. The Morgan fingerprint density at radius 1 is 1.09 bits per heavy atom. The molecule has 32 heavy (non-hydrogen) atoms. The van der Waals surface area contributed by atoms with Crippen molar-refractivity contribution in [3.63, 3.8) is 0 Å². The van der Waals surface area contributed by atoms with E-state index >= 15 is 0 Å². The third kappa shape index (κ3) is 5.82. The van der Waals surface area contributed by atoms with E-state index in [1.807, 2.05) is 12.1 Å². The van der Waals surface area contributed by atoms with Crippen LogP contribution >= 0.6 is 11.8 Å². The molecule has 0 spiro atoms. The number of thioether (sulfide) groups is 1. The van der Waals surface area contributed by atoms with Crippen LogP contribution < -0.4 is 20.7 Å². The van der Waals surface area contributed by atoms with Crippen LogP contribution in [-0.4, -0.2) is 37.4 Å². The Morgan fingerprint density at radius 3 is 2.38 bits per heavy atom. The van der Waals surface area contributed by atoms with Crippen LogP contribution in [0.25, 0.3) is 0 Å². The van der Waals surface area contributed by atoms with Crippen molar-refractivity contribution in [2.45, 2.75) is 24.8 Å². The predicted molar refractivity (Wildman–Crippen MR) is 123 cm³/mol. The van der Waals surface area contributed by atoms with Crippen molar-refractivity contribution in [2.24, 2.45) is 0 Å². The maximum Gasteiger partial charge on any atom is 0.338 e. The molecule has 0 fully saturated rings. The molecule has 1 atom stereocenters. The van der Waals surface area contributed by atoms with Crippen molar-refractivity contribution in [2.75, 3.05) is 24.8 Å². The number of amides is 3. The van der Waals surface area contributed by atoms with Gasteiger partial charge in [0.25, 0.3) is 0 Å². The lowest BCUT2D eigenvalue weighted by Gasteiger charge is -2.29. The van der Waals surface area contributed by atoms with Gasteiger partial charge in [-0.2, -0.15) is 0 Å². The Kier molecular flexibility index (Phi) is 7.77. The zero-order valence-electron chi connectivity index (χ0n) is 18.1. The monoisotopic (exact) mass is 455 g/mol. The van der Waals surface area contributed by atoms with E-state index in [0.717, 1.165) is 10.5 Å². The number of esters is 1. The Morgan fingerprint density at radius 2 is 1.78 bits per heavy atom. The van der Waals surface area contributed by atoms with E-state index in [4.69, 9.17) is 9.47 Å². The van der Waals surface area contributed by atoms with Gasteiger partial charge in [0.2, 0.25) is 5.91 Å². The molecule has 0 bridgehead atoms. The van der Waals surface area contributed by atoms with E-state index in [2.05, 4.69) is 16.0 Å². The molecular formula is C23H25N3O5S. The first kappa shape index (κ1) is 23.2. The van der Waals surface area contributed by atoms with Crippen molar-refractivity contribution in [1.29, 1.82) is 0 Å². The molecule has 1 unspecified atom stereocenters. The first-order valence-electron chi connectivity index (χ1n) is 10.0. The molecule has 2 aromatic carbocycles. The van der Waals surface area contributed by atoms with Gasteiger partial charge < -0.3 is 25.4 Å². The van der Waals surface area contributed by atoms with Crippen molar-refractivity contribution in [1.82, 2.24) is 10.6 Å². The summed E-state index contributed by atoms with van der Waals surface area (Å²) in [6.45, 7) is 3.41. The van der Waals surface area contributed by atoms with Gasteiger partial charge >= 0.3 is 12.0 Å². The smallest absolute Gasteiger partial charge is 0.338 e. The summed E-state index contributed by atoms with van der Waals surface area (Å²) in [5, 5.41) is 8.29. The van der Waals surface area contributed by atoms with Gasteiger partial charge in [0.1, 0.15) is 5.75 Å². The summed E-state index contributed by atoms with van der Waals surface area (Å²) in [5.41, 5.74) is 2.29. The van der Waals surface area contributed by atoms with E-state index in [1.165, 1.54) is 18.7 Å². The normalized spacial score (nSPS) is 15.5. The standard InChI is InChI=1S/C23H25N3O5S/c1-4-31-22(28)20-19(13-32-18-11-7-16(8-12-18)24-14(2)27)25-23(29)26-21(20)15-5-9-17(30-3)10-6-15/h5-12,21H,4,13H2,1-3H3,(H,24,27)(H2,25,26,29). The van der Waals surface area contributed by atoms with Crippen LogP contribution in [0.1, 0.15) is 25.5 Å². The average Bonchev–Trinajstić information content (AvgIpc) is 2.78. The number of urea groups is 1. The SMILES string of the molecule is CCOC(=O)C1=C(CSc2ccc(NC(C)=O)cc2)NC(=O)NC1c1ccc(OC)cc1. The van der Waals surface area contributed by atoms with Gasteiger partial charge in [0.15, 0.2) is 0 Å². The zero-order chi connectivity index (χ0) is 23.1. The van der Waals surface area contributed by atoms with Crippen LogP contribution in [0.5, 0.6) is 5.75 Å². The van der Waals surface area contributed by atoms with Gasteiger partial charge in [-0.25, -0.2) is 9.59 Å². The molecule has 0 aromatic heterocycles. The van der Waals surface area contributed by atoms with Gasteiger partial charge in [-0.1, -0.05) is 12.1 Å². The van der Waals surface area contributed by atoms with Crippen molar-refractivity contribution in [3.8, 4) is 5.75 Å². The Hall–Kier alpha value is -3.46. The van der Waals surface area contributed by atoms with Gasteiger partial charge in [-0.3, -0.25) is 4.79 Å². The predicted octanol–water partition coefficient (Wildman–Crippen LogP) is 3.62. The van der Waals surface area contributed by atoms with E-state index < -0.39 is 18.0 Å². The molecule has 1 aliphatic heterocycles. The lowest BCUT2D eigenvalue weighted by atomic mass is 9.95. The minimum Gasteiger partial charge on any atom is -0.497 e. The number of rotatable bonds is 8. The molecule has 0 radical (unpaired) electrons. The molecule has 3 N–H and O–H groups in total. The molecule has 0 aliphatic carbocycles. The highest BCUT2D eigenvalue weighted by Crippen LogP contribution is 2.31. The molecular weight excluding hydrogens is 430 g/mol. The molecule has 0 saturated heterocycles. The second kappa shape index (κ2) is 10.7. The van der Waals surface area contributed by atoms with Crippen LogP contribution in [0.2, 0.25) is 0 Å². The quantitative estimate of drug-likeness (QED) is 0.415. The number of methoxy groups -OCH3 is 1. The van der Waals surface area contributed by atoms with Gasteiger partial charge in [0, 0.05) is 29.0 Å². The fourth-order valence-electron chi connectivity index (χ4n) is 3.22. The van der Waals surface area contributed by atoms with Gasteiger partial charge in [-0.15, -0.1) is 11.8 Å². The molecule has 1 aliphatic rings. The number of ether oxygens (including phenoxy) is 2. The third-order valence-corrected chi connectivity index (χ3v) is 5.69. The first-order valence-corrected chi connectivity index (χ1v) is 11.0. The molecule has 3 amide bonds. The number of carbonyl (C=O) groups is 3. The van der Waals surface area contributed by atoms with Crippen LogP contribution in [0.15, 0.2) is 64.7 Å². The number of hydrogen-bond acceptors (Lipinski definition) is 6. The zero-order valence-corrected chi connectivity index (χ0v) is 18.9. The van der Waals surface area contributed by atoms with E-state index in [0.29, 0.717) is 28.5 Å². The van der Waals surface area contributed by atoms with Crippen molar-refractivity contribution in [3.05, 3.63) is 65.4 Å². The maximum atomic E-state index is 12.8. The highest BCUT2D eigenvalue weighted by atomic mass is 32.2. The largest absolute Gasteiger partial charge is 0.497 e. The van der Waals surface area contributed by atoms with Crippen LogP contribution in [0, 0.1) is 0 Å². The molecule has 168 valence electrons. The highest BCUT2D eigenvalue weighted by molar-refractivity contribution is 7.99. The number of benzene rings is 2. The maximum absolute atomic E-state index is 12.8. The fourth-order valence-corrected chi connectivity index (χ4v) is 4.09. The fraction of sp³-hybridized carbons (Fsp3) is 0.261. The van der Waals surface area contributed by atoms with Crippen LogP contribution in [-0.2, 0) is 14.3 Å². The minimum absolute atomic E-state index is 0.142. The number of nitrogens with one attached hydrogen (secondary N) is 3. The number of carbonyl (C=O) groups excluding carboxylic acids is 3. The number of anilines is 1. The third-order valence-electron chi connectivity index (χ3n) is 4.66. The van der Waals surface area contributed by atoms with E-state index in [1.54, 1.807) is 50.4 Å². The van der Waals surface area contributed by atoms with Crippen molar-refractivity contribution < 1.29 is 23.9 Å². The Labute approximate surface area is 190 Å². The first-order chi connectivity index (χ1) is 15.4.